The fraction of sp³-hybridized carbons (Fsp3) is 0.250. The fourth-order valence-electron chi connectivity index (χ4n) is 6.16. The Bertz CT molecular complexity index is 2230. The zero-order chi connectivity index (χ0) is 33.2. The van der Waals surface area contributed by atoms with Crippen LogP contribution in [0, 0.1) is 6.92 Å². The van der Waals surface area contributed by atoms with Crippen LogP contribution in [-0.4, -0.2) is 56.2 Å². The summed E-state index contributed by atoms with van der Waals surface area (Å²) in [5, 5.41) is 20.4. The first kappa shape index (κ1) is 30.6. The van der Waals surface area contributed by atoms with Crippen LogP contribution >= 0.6 is 15.9 Å². The molecule has 240 valence electrons. The van der Waals surface area contributed by atoms with E-state index in [-0.39, 0.29) is 28.6 Å². The van der Waals surface area contributed by atoms with Crippen LogP contribution in [0.25, 0.3) is 22.9 Å². The summed E-state index contributed by atoms with van der Waals surface area (Å²) < 4.78 is 45.7. The average molecular weight is 707 g/mol. The number of halogens is 4. The highest BCUT2D eigenvalue weighted by Crippen LogP contribution is 2.36. The lowest BCUT2D eigenvalue weighted by Crippen LogP contribution is -2.46. The van der Waals surface area contributed by atoms with Gasteiger partial charge in [-0.1, -0.05) is 46.3 Å². The summed E-state index contributed by atoms with van der Waals surface area (Å²) in [5.74, 6) is -0.217. The Kier molecular flexibility index (Phi) is 7.38. The molecular formula is C32H27BrF3N9O2. The van der Waals surface area contributed by atoms with Gasteiger partial charge in [-0.05, 0) is 44.0 Å². The third kappa shape index (κ3) is 5.23. The highest BCUT2D eigenvalue weighted by atomic mass is 79.9. The monoisotopic (exact) mass is 705 g/mol. The number of aryl methyl sites for hydroxylation is 2. The zero-order valence-corrected chi connectivity index (χ0v) is 27.0. The maximum absolute atomic E-state index is 14.5. The van der Waals surface area contributed by atoms with E-state index in [0.717, 1.165) is 17.2 Å². The molecule has 5 heterocycles. The number of fused-ring (bicyclic) bond motifs is 3. The first-order valence-electron chi connectivity index (χ1n) is 14.7. The van der Waals surface area contributed by atoms with E-state index in [4.69, 9.17) is 10.2 Å². The molecule has 1 aliphatic heterocycles. The minimum Gasteiger partial charge on any atom is -0.330 e. The van der Waals surface area contributed by atoms with Gasteiger partial charge in [0.15, 0.2) is 5.82 Å². The molecule has 1 aliphatic rings. The molecular weight excluding hydrogens is 679 g/mol. The molecule has 0 radical (unpaired) electrons. The van der Waals surface area contributed by atoms with Gasteiger partial charge >= 0.3 is 6.18 Å². The largest absolute Gasteiger partial charge is 0.417 e. The second kappa shape index (κ2) is 11.3. The molecule has 0 bridgehead atoms. The first-order valence-corrected chi connectivity index (χ1v) is 15.5. The summed E-state index contributed by atoms with van der Waals surface area (Å²) in [6.45, 7) is 3.56. The summed E-state index contributed by atoms with van der Waals surface area (Å²) >= 11 is 2.94. The van der Waals surface area contributed by atoms with Crippen molar-refractivity contribution in [1.82, 2.24) is 44.3 Å². The first-order chi connectivity index (χ1) is 22.4. The van der Waals surface area contributed by atoms with Crippen LogP contribution in [0.1, 0.15) is 50.9 Å². The van der Waals surface area contributed by atoms with Crippen LogP contribution in [0.5, 0.6) is 0 Å². The molecule has 15 heteroatoms. The molecule has 1 atom stereocenters. The zero-order valence-electron chi connectivity index (χ0n) is 25.4. The lowest BCUT2D eigenvalue weighted by molar-refractivity contribution is -0.138. The number of carbonyl (C=O) groups is 1. The van der Waals surface area contributed by atoms with Crippen molar-refractivity contribution >= 4 is 27.5 Å². The van der Waals surface area contributed by atoms with Gasteiger partial charge in [-0.2, -0.15) is 38.8 Å². The molecule has 1 N–H and O–H groups in total. The van der Waals surface area contributed by atoms with E-state index in [1.54, 1.807) is 35.4 Å². The molecule has 6 aromatic rings. The summed E-state index contributed by atoms with van der Waals surface area (Å²) in [6, 6.07) is 14.4. The van der Waals surface area contributed by atoms with E-state index in [2.05, 4.69) is 31.3 Å². The van der Waals surface area contributed by atoms with Crippen molar-refractivity contribution in [1.29, 1.82) is 0 Å². The quantitative estimate of drug-likeness (QED) is 0.261. The van der Waals surface area contributed by atoms with Crippen LogP contribution in [0.4, 0.5) is 13.2 Å². The van der Waals surface area contributed by atoms with Crippen molar-refractivity contribution in [2.75, 3.05) is 0 Å². The molecule has 0 aliphatic carbocycles. The average Bonchev–Trinajstić information content (AvgIpc) is 3.75. The molecule has 0 fully saturated rings. The molecule has 0 spiro atoms. The van der Waals surface area contributed by atoms with Crippen LogP contribution < -0.4 is 5.56 Å². The van der Waals surface area contributed by atoms with Gasteiger partial charge in [0.25, 0.3) is 11.5 Å². The van der Waals surface area contributed by atoms with Gasteiger partial charge in [0.1, 0.15) is 11.3 Å². The van der Waals surface area contributed by atoms with Gasteiger partial charge in [-0.25, -0.2) is 9.08 Å². The Morgan fingerprint density at radius 2 is 1.87 bits per heavy atom. The Labute approximate surface area is 273 Å². The molecule has 11 nitrogen and oxygen atoms in total. The number of rotatable bonds is 5. The molecule has 1 amide bonds. The summed E-state index contributed by atoms with van der Waals surface area (Å²) in [5.41, 5.74) is 3.72. The third-order valence-electron chi connectivity index (χ3n) is 8.52. The molecule has 7 rings (SSSR count). The number of nitrogens with zero attached hydrogens (tertiary/aromatic N) is 8. The maximum Gasteiger partial charge on any atom is 0.417 e. The topological polar surface area (TPSA) is 119 Å². The Morgan fingerprint density at radius 3 is 2.57 bits per heavy atom. The number of hydrogen-bond acceptors (Lipinski definition) is 6. The van der Waals surface area contributed by atoms with E-state index in [0.29, 0.717) is 46.2 Å². The van der Waals surface area contributed by atoms with Crippen LogP contribution in [0.3, 0.4) is 0 Å². The van der Waals surface area contributed by atoms with E-state index < -0.39 is 23.7 Å². The lowest BCUT2D eigenvalue weighted by atomic mass is 9.98. The van der Waals surface area contributed by atoms with Crippen molar-refractivity contribution in [3.63, 3.8) is 0 Å². The van der Waals surface area contributed by atoms with E-state index in [9.17, 15) is 22.8 Å². The SMILES string of the molecule is Cc1n[nH]nc1-c1cc(-n2c(=O)c3c(n4ncc(Cc5ccccc5)c24)CN(C(=O)c2ccc(Br)c(C(F)(F)F)c2)[C@@H](C)C3)nn1C. The van der Waals surface area contributed by atoms with E-state index in [1.807, 2.05) is 37.3 Å². The van der Waals surface area contributed by atoms with Crippen molar-refractivity contribution in [2.45, 2.75) is 45.5 Å². The van der Waals surface area contributed by atoms with Crippen molar-refractivity contribution in [2.24, 2.45) is 7.05 Å². The van der Waals surface area contributed by atoms with Crippen molar-refractivity contribution < 1.29 is 18.0 Å². The predicted molar refractivity (Wildman–Crippen MR) is 169 cm³/mol. The highest BCUT2D eigenvalue weighted by Gasteiger charge is 2.37. The van der Waals surface area contributed by atoms with Gasteiger partial charge in [-0.3, -0.25) is 14.3 Å². The molecule has 0 unspecified atom stereocenters. The van der Waals surface area contributed by atoms with E-state index >= 15 is 0 Å². The molecule has 47 heavy (non-hydrogen) atoms. The standard InChI is InChI=1S/C32H27BrF3N9O2/c1-17-11-22-26(16-43(17)30(46)20-9-10-24(33)23(13-20)32(34,35)36)45-29(21(15-37-45)12-19-7-5-4-6-8-19)44(31(22)47)27-14-25(42(3)40-27)28-18(2)38-41-39-28/h4-10,13-15,17H,11-12,16H2,1-3H3,(H,38,39,41)/t17-/m0/s1. The molecule has 4 aromatic heterocycles. The molecule has 2 aromatic carbocycles. The van der Waals surface area contributed by atoms with Crippen molar-refractivity contribution in [3.05, 3.63) is 115 Å². The van der Waals surface area contributed by atoms with Gasteiger partial charge in [0.2, 0.25) is 0 Å². The minimum absolute atomic E-state index is 0.0304. The van der Waals surface area contributed by atoms with Crippen molar-refractivity contribution in [3.8, 4) is 17.2 Å². The number of hydrogen-bond donors (Lipinski definition) is 1. The molecule has 0 saturated heterocycles. The van der Waals surface area contributed by atoms with Crippen LogP contribution in [0.15, 0.2) is 70.1 Å². The number of benzene rings is 2. The highest BCUT2D eigenvalue weighted by molar-refractivity contribution is 9.10. The van der Waals surface area contributed by atoms with E-state index in [1.165, 1.54) is 21.6 Å². The maximum atomic E-state index is 14.5. The summed E-state index contributed by atoms with van der Waals surface area (Å²) in [4.78, 5) is 29.7. The summed E-state index contributed by atoms with van der Waals surface area (Å²) in [6.07, 6.45) is -2.33. The number of aromatic nitrogens is 8. The van der Waals surface area contributed by atoms with Gasteiger partial charge in [0, 0.05) is 46.7 Å². The Hall–Kier alpha value is -5.05. The van der Waals surface area contributed by atoms with Gasteiger partial charge in [0.05, 0.1) is 35.4 Å². The second-order valence-corrected chi connectivity index (χ2v) is 12.4. The predicted octanol–water partition coefficient (Wildman–Crippen LogP) is 5.27. The second-order valence-electron chi connectivity index (χ2n) is 11.6. The van der Waals surface area contributed by atoms with Crippen LogP contribution in [0.2, 0.25) is 0 Å². The number of nitrogens with one attached hydrogen (secondary N) is 1. The Morgan fingerprint density at radius 1 is 1.11 bits per heavy atom. The Balaban J connectivity index is 1.38. The number of carbonyl (C=O) groups excluding carboxylic acids is 1. The smallest absolute Gasteiger partial charge is 0.330 e. The molecule has 0 saturated carbocycles. The van der Waals surface area contributed by atoms with Gasteiger partial charge < -0.3 is 4.90 Å². The van der Waals surface area contributed by atoms with Crippen LogP contribution in [-0.2, 0) is 32.6 Å². The fourth-order valence-corrected chi connectivity index (χ4v) is 6.63. The number of H-pyrrole nitrogens is 1. The lowest BCUT2D eigenvalue weighted by Gasteiger charge is -2.35. The number of amides is 1. The minimum atomic E-state index is -4.64. The number of alkyl halides is 3. The normalized spacial score (nSPS) is 15.0. The van der Waals surface area contributed by atoms with Gasteiger partial charge in [-0.15, -0.1) is 0 Å². The number of aromatic amines is 1. The third-order valence-corrected chi connectivity index (χ3v) is 9.21. The summed E-state index contributed by atoms with van der Waals surface area (Å²) in [7, 11) is 1.76.